The fourth-order valence-corrected chi connectivity index (χ4v) is 2.69. The van der Waals surface area contributed by atoms with E-state index in [2.05, 4.69) is 31.6 Å². The zero-order valence-corrected chi connectivity index (χ0v) is 14.7. The first kappa shape index (κ1) is 17.2. The molecule has 0 bridgehead atoms. The van der Waals surface area contributed by atoms with Crippen LogP contribution in [0.1, 0.15) is 11.7 Å². The SMILES string of the molecule is COc1c(C2N=CN(COCCSI)N2)cccc1[N+](=O)[O-]. The molecule has 120 valence electrons. The van der Waals surface area contributed by atoms with E-state index < -0.39 is 11.1 Å². The number of nitro benzene ring substituents is 1. The number of halogens is 1. The van der Waals surface area contributed by atoms with Crippen molar-refractivity contribution in [2.75, 3.05) is 26.2 Å². The molecule has 1 heterocycles. The van der Waals surface area contributed by atoms with E-state index in [0.717, 1.165) is 5.75 Å². The van der Waals surface area contributed by atoms with Crippen molar-refractivity contribution in [1.29, 1.82) is 0 Å². The molecule has 8 nitrogen and oxygen atoms in total. The molecule has 0 aliphatic carbocycles. The van der Waals surface area contributed by atoms with Gasteiger partial charge in [0.05, 0.1) is 18.6 Å². The number of hydrogen-bond acceptors (Lipinski definition) is 8. The highest BCUT2D eigenvalue weighted by Crippen LogP contribution is 2.35. The molecule has 0 radical (unpaired) electrons. The summed E-state index contributed by atoms with van der Waals surface area (Å²) in [6.45, 7) is 0.999. The van der Waals surface area contributed by atoms with Gasteiger partial charge in [0.25, 0.3) is 0 Å². The topological polar surface area (TPSA) is 89.2 Å². The van der Waals surface area contributed by atoms with E-state index >= 15 is 0 Å². The highest BCUT2D eigenvalue weighted by molar-refractivity contribution is 14.2. The summed E-state index contributed by atoms with van der Waals surface area (Å²) >= 11 is 2.21. The second-order valence-electron chi connectivity index (χ2n) is 4.27. The van der Waals surface area contributed by atoms with Crippen molar-refractivity contribution in [3.63, 3.8) is 0 Å². The van der Waals surface area contributed by atoms with E-state index in [1.165, 1.54) is 13.2 Å². The molecule has 0 aromatic heterocycles. The molecule has 2 rings (SSSR count). The largest absolute Gasteiger partial charge is 0.490 e. The van der Waals surface area contributed by atoms with Crippen molar-refractivity contribution < 1.29 is 14.4 Å². The lowest BCUT2D eigenvalue weighted by atomic mass is 10.1. The summed E-state index contributed by atoms with van der Waals surface area (Å²) in [5.74, 6) is 1.12. The Hall–Kier alpha value is -1.11. The molecule has 0 fully saturated rings. The summed E-state index contributed by atoms with van der Waals surface area (Å²) in [5, 5.41) is 12.7. The van der Waals surface area contributed by atoms with Crippen molar-refractivity contribution in [2.24, 2.45) is 4.99 Å². The molecule has 1 aromatic carbocycles. The molecule has 1 aliphatic heterocycles. The van der Waals surface area contributed by atoms with Crippen molar-refractivity contribution in [3.05, 3.63) is 33.9 Å². The molecule has 1 aromatic rings. The molecule has 0 amide bonds. The summed E-state index contributed by atoms with van der Waals surface area (Å²) in [6.07, 6.45) is 1.18. The summed E-state index contributed by atoms with van der Waals surface area (Å²) in [6, 6.07) is 4.77. The number of ether oxygens (including phenoxy) is 2. The van der Waals surface area contributed by atoms with Gasteiger partial charge in [-0.05, 0) is 21.2 Å². The van der Waals surface area contributed by atoms with E-state index in [9.17, 15) is 10.1 Å². The van der Waals surface area contributed by atoms with E-state index in [1.807, 2.05) is 0 Å². The van der Waals surface area contributed by atoms with Crippen LogP contribution in [-0.4, -0.2) is 42.5 Å². The van der Waals surface area contributed by atoms with Gasteiger partial charge in [0.15, 0.2) is 0 Å². The van der Waals surface area contributed by atoms with Crippen LogP contribution < -0.4 is 10.2 Å². The average molecular weight is 438 g/mol. The van der Waals surface area contributed by atoms with Crippen molar-refractivity contribution >= 4 is 42.2 Å². The Morgan fingerprint density at radius 2 is 2.41 bits per heavy atom. The zero-order chi connectivity index (χ0) is 15.9. The maximum atomic E-state index is 11.0. The van der Waals surface area contributed by atoms with Gasteiger partial charge in [0, 0.05) is 17.4 Å². The van der Waals surface area contributed by atoms with Gasteiger partial charge in [0.1, 0.15) is 19.2 Å². The quantitative estimate of drug-likeness (QED) is 0.289. The van der Waals surface area contributed by atoms with Crippen molar-refractivity contribution in [3.8, 4) is 5.75 Å². The van der Waals surface area contributed by atoms with Crippen LogP contribution in [0.25, 0.3) is 0 Å². The summed E-state index contributed by atoms with van der Waals surface area (Å²) in [7, 11) is 3.09. The van der Waals surface area contributed by atoms with Crippen LogP contribution in [0.2, 0.25) is 0 Å². The fourth-order valence-electron chi connectivity index (χ4n) is 1.97. The molecule has 10 heteroatoms. The minimum absolute atomic E-state index is 0.0780. The van der Waals surface area contributed by atoms with Gasteiger partial charge in [-0.2, -0.15) is 0 Å². The fraction of sp³-hybridized carbons (Fsp3) is 0.417. The minimum atomic E-state index is -0.469. The second kappa shape index (κ2) is 8.50. The third-order valence-corrected chi connectivity index (χ3v) is 4.54. The van der Waals surface area contributed by atoms with Crippen LogP contribution in [0.4, 0.5) is 5.69 Å². The van der Waals surface area contributed by atoms with Crippen molar-refractivity contribution in [1.82, 2.24) is 10.4 Å². The summed E-state index contributed by atoms with van der Waals surface area (Å²) in [5.41, 5.74) is 3.63. The standard InChI is InChI=1S/C12H15IN4O4S/c1-20-11-9(3-2-4-10(11)17(18)19)12-14-7-16(15-12)8-21-5-6-22-13/h2-4,7,12,15H,5-6,8H2,1H3. The van der Waals surface area contributed by atoms with Crippen LogP contribution in [0, 0.1) is 10.1 Å². The van der Waals surface area contributed by atoms with E-state index in [0.29, 0.717) is 18.9 Å². The van der Waals surface area contributed by atoms with Crippen LogP contribution in [0.3, 0.4) is 0 Å². The zero-order valence-electron chi connectivity index (χ0n) is 11.8. The third kappa shape index (κ3) is 4.21. The second-order valence-corrected chi connectivity index (χ2v) is 6.77. The Kier molecular flexibility index (Phi) is 6.67. The average Bonchev–Trinajstić information content (AvgIpc) is 2.99. The molecular formula is C12H15IN4O4S. The van der Waals surface area contributed by atoms with E-state index in [-0.39, 0.29) is 11.4 Å². The number of nitrogens with one attached hydrogen (secondary N) is 1. The Morgan fingerprint density at radius 3 is 3.09 bits per heavy atom. The van der Waals surface area contributed by atoms with Gasteiger partial charge in [0.2, 0.25) is 5.75 Å². The monoisotopic (exact) mass is 438 g/mol. The number of benzene rings is 1. The summed E-state index contributed by atoms with van der Waals surface area (Å²) in [4.78, 5) is 14.9. The molecule has 1 atom stereocenters. The van der Waals surface area contributed by atoms with Gasteiger partial charge in [-0.3, -0.25) is 15.1 Å². The Balaban J connectivity index is 2.03. The normalized spacial score (nSPS) is 17.0. The molecule has 1 unspecified atom stereocenters. The lowest BCUT2D eigenvalue weighted by Crippen LogP contribution is -2.35. The number of hydrazine groups is 1. The molecule has 0 saturated heterocycles. The number of hydrogen-bond donors (Lipinski definition) is 1. The van der Waals surface area contributed by atoms with E-state index in [1.54, 1.807) is 32.4 Å². The molecular weight excluding hydrogens is 423 g/mol. The molecule has 1 N–H and O–H groups in total. The molecule has 22 heavy (non-hydrogen) atoms. The predicted molar refractivity (Wildman–Crippen MR) is 93.2 cm³/mol. The van der Waals surface area contributed by atoms with Gasteiger partial charge >= 0.3 is 5.69 Å². The van der Waals surface area contributed by atoms with Crippen LogP contribution in [0.15, 0.2) is 23.2 Å². The van der Waals surface area contributed by atoms with Gasteiger partial charge in [-0.15, -0.1) is 0 Å². The maximum absolute atomic E-state index is 11.0. The summed E-state index contributed by atoms with van der Waals surface area (Å²) < 4.78 is 10.7. The Morgan fingerprint density at radius 1 is 1.59 bits per heavy atom. The van der Waals surface area contributed by atoms with Crippen LogP contribution in [0.5, 0.6) is 5.75 Å². The molecule has 1 aliphatic rings. The van der Waals surface area contributed by atoms with Crippen LogP contribution >= 0.6 is 30.1 Å². The first-order valence-electron chi connectivity index (χ1n) is 6.36. The molecule has 0 spiro atoms. The smallest absolute Gasteiger partial charge is 0.311 e. The number of aliphatic imine (C=N–C) groups is 1. The number of nitro groups is 1. The maximum Gasteiger partial charge on any atom is 0.311 e. The van der Waals surface area contributed by atoms with E-state index in [4.69, 9.17) is 9.47 Å². The highest BCUT2D eigenvalue weighted by Gasteiger charge is 2.26. The number of methoxy groups -OCH3 is 1. The lowest BCUT2D eigenvalue weighted by molar-refractivity contribution is -0.385. The Bertz CT molecular complexity index is 560. The minimum Gasteiger partial charge on any atom is -0.490 e. The highest BCUT2D eigenvalue weighted by atomic mass is 127. The third-order valence-electron chi connectivity index (χ3n) is 2.90. The van der Waals surface area contributed by atoms with Crippen LogP contribution in [-0.2, 0) is 4.74 Å². The number of nitrogens with zero attached hydrogens (tertiary/aromatic N) is 3. The van der Waals surface area contributed by atoms with Gasteiger partial charge in [-0.1, -0.05) is 21.1 Å². The number of para-hydroxylation sites is 1. The van der Waals surface area contributed by atoms with Gasteiger partial charge < -0.3 is 9.47 Å². The number of rotatable bonds is 8. The van der Waals surface area contributed by atoms with Crippen molar-refractivity contribution in [2.45, 2.75) is 6.17 Å². The van der Waals surface area contributed by atoms with Gasteiger partial charge in [-0.25, -0.2) is 10.4 Å². The first-order chi connectivity index (χ1) is 10.7. The lowest BCUT2D eigenvalue weighted by Gasteiger charge is -2.19. The molecule has 0 saturated carbocycles. The Labute approximate surface area is 144 Å². The predicted octanol–water partition coefficient (Wildman–Crippen LogP) is 2.51. The first-order valence-corrected chi connectivity index (χ1v) is 9.89.